The maximum absolute atomic E-state index is 12.0. The molecule has 2 saturated heterocycles. The minimum absolute atomic E-state index is 0.00498. The second-order valence-electron chi connectivity index (χ2n) is 11.4. The summed E-state index contributed by atoms with van der Waals surface area (Å²) in [5, 5.41) is 6.01. The molecule has 7 heteroatoms. The van der Waals surface area contributed by atoms with E-state index in [4.69, 9.17) is 15.6 Å². The third-order valence-corrected chi connectivity index (χ3v) is 9.03. The van der Waals surface area contributed by atoms with Crippen molar-refractivity contribution in [2.75, 3.05) is 7.05 Å². The zero-order valence-electron chi connectivity index (χ0n) is 21.7. The molecular weight excluding hydrogens is 474 g/mol. The fourth-order valence-electron chi connectivity index (χ4n) is 6.62. The number of primary amides is 1. The molecule has 7 nitrogen and oxygen atoms in total. The van der Waals surface area contributed by atoms with Crippen molar-refractivity contribution >= 4 is 16.8 Å². The fraction of sp³-hybridized carbons (Fsp3) is 0.387. The summed E-state index contributed by atoms with van der Waals surface area (Å²) in [6.45, 7) is 0.746. The Bertz CT molecular complexity index is 1480. The van der Waals surface area contributed by atoms with Crippen LogP contribution in [0.15, 0.2) is 66.9 Å². The van der Waals surface area contributed by atoms with Gasteiger partial charge in [-0.3, -0.25) is 14.5 Å². The maximum Gasteiger partial charge on any atom is 0.248 e. The van der Waals surface area contributed by atoms with Crippen molar-refractivity contribution in [2.45, 2.75) is 68.7 Å². The average molecular weight is 508 g/mol. The molecule has 1 aliphatic carbocycles. The predicted molar refractivity (Wildman–Crippen MR) is 147 cm³/mol. The van der Waals surface area contributed by atoms with Crippen LogP contribution in [0.2, 0.25) is 0 Å². The van der Waals surface area contributed by atoms with E-state index < -0.39 is 5.91 Å². The second kappa shape index (κ2) is 8.95. The SMILES string of the molecule is CN1C2CCC1CC(Oc1ccc(-c3nn(CC4(c5ccccn5)CC4)c4ccc(C(N)=O)cc34)cc1)C2. The minimum Gasteiger partial charge on any atom is -0.490 e. The van der Waals surface area contributed by atoms with Gasteiger partial charge in [-0.25, -0.2) is 0 Å². The standard InChI is InChI=1S/C31H33N5O2/c1-35-22-8-9-23(35)18-25(17-22)38-24-10-5-20(6-11-24)29-26-16-21(30(32)37)7-12-27(26)36(34-29)19-31(13-14-31)28-4-2-3-15-33-28/h2-7,10-12,15-16,22-23,25H,8-9,13-14,17-19H2,1H3,(H2,32,37). The highest BCUT2D eigenvalue weighted by Crippen LogP contribution is 2.49. The number of carbonyl (C=O) groups is 1. The first-order chi connectivity index (χ1) is 18.5. The van der Waals surface area contributed by atoms with E-state index in [1.54, 1.807) is 6.07 Å². The number of rotatable bonds is 7. The quantitative estimate of drug-likeness (QED) is 0.383. The van der Waals surface area contributed by atoms with Crippen LogP contribution in [0.4, 0.5) is 0 Å². The molecule has 38 heavy (non-hydrogen) atoms. The second-order valence-corrected chi connectivity index (χ2v) is 11.4. The van der Waals surface area contributed by atoms with E-state index in [0.717, 1.165) is 65.8 Å². The van der Waals surface area contributed by atoms with Gasteiger partial charge in [0.15, 0.2) is 0 Å². The van der Waals surface area contributed by atoms with Gasteiger partial charge in [-0.05, 0) is 100 Å². The monoisotopic (exact) mass is 507 g/mol. The van der Waals surface area contributed by atoms with Crippen LogP contribution in [0.3, 0.4) is 0 Å². The molecular formula is C31H33N5O2. The van der Waals surface area contributed by atoms with Crippen LogP contribution in [0.25, 0.3) is 22.2 Å². The van der Waals surface area contributed by atoms with Crippen molar-refractivity contribution < 1.29 is 9.53 Å². The molecule has 2 aromatic carbocycles. The molecule has 3 aliphatic rings. The zero-order valence-corrected chi connectivity index (χ0v) is 21.7. The number of pyridine rings is 1. The van der Waals surface area contributed by atoms with Gasteiger partial charge in [-0.1, -0.05) is 6.07 Å². The van der Waals surface area contributed by atoms with E-state index in [9.17, 15) is 4.79 Å². The Morgan fingerprint density at radius 3 is 2.47 bits per heavy atom. The first-order valence-electron chi connectivity index (χ1n) is 13.7. The number of amides is 1. The lowest BCUT2D eigenvalue weighted by molar-refractivity contribution is 0.0662. The van der Waals surface area contributed by atoms with Crippen molar-refractivity contribution in [1.29, 1.82) is 0 Å². The number of piperidine rings is 1. The number of hydrogen-bond acceptors (Lipinski definition) is 5. The fourth-order valence-corrected chi connectivity index (χ4v) is 6.62. The molecule has 3 fully saturated rings. The number of carbonyl (C=O) groups excluding carboxylic acids is 1. The number of nitrogens with zero attached hydrogens (tertiary/aromatic N) is 4. The normalized spacial score (nSPS) is 24.0. The minimum atomic E-state index is -0.436. The molecule has 2 bridgehead atoms. The summed E-state index contributed by atoms with van der Waals surface area (Å²) < 4.78 is 8.50. The van der Waals surface area contributed by atoms with Gasteiger partial charge in [0.05, 0.1) is 12.1 Å². The third kappa shape index (κ3) is 4.06. The van der Waals surface area contributed by atoms with Gasteiger partial charge in [-0.2, -0.15) is 5.10 Å². The summed E-state index contributed by atoms with van der Waals surface area (Å²) >= 11 is 0. The Hall–Kier alpha value is -3.71. The summed E-state index contributed by atoms with van der Waals surface area (Å²) in [5.41, 5.74) is 10.1. The molecule has 7 rings (SSSR count). The van der Waals surface area contributed by atoms with Gasteiger partial charge < -0.3 is 15.4 Å². The lowest BCUT2D eigenvalue weighted by atomic mass is 10.0. The molecule has 0 spiro atoms. The molecule has 1 saturated carbocycles. The molecule has 0 radical (unpaired) electrons. The summed E-state index contributed by atoms with van der Waals surface area (Å²) in [4.78, 5) is 19.2. The molecule has 2 N–H and O–H groups in total. The van der Waals surface area contributed by atoms with Gasteiger partial charge in [-0.15, -0.1) is 0 Å². The number of hydrogen-bond donors (Lipinski definition) is 1. The van der Waals surface area contributed by atoms with Crippen molar-refractivity contribution in [3.05, 3.63) is 78.1 Å². The Labute approximate surface area is 222 Å². The van der Waals surface area contributed by atoms with Crippen LogP contribution < -0.4 is 10.5 Å². The molecule has 1 amide bonds. The van der Waals surface area contributed by atoms with E-state index in [-0.39, 0.29) is 11.5 Å². The first-order valence-corrected chi connectivity index (χ1v) is 13.7. The summed E-state index contributed by atoms with van der Waals surface area (Å²) in [5.74, 6) is 0.463. The van der Waals surface area contributed by atoms with Gasteiger partial charge in [0.1, 0.15) is 17.5 Å². The Morgan fingerprint density at radius 1 is 1.05 bits per heavy atom. The summed E-state index contributed by atoms with van der Waals surface area (Å²) in [6.07, 6.45) is 9.07. The molecule has 2 atom stereocenters. The highest BCUT2D eigenvalue weighted by molar-refractivity contribution is 6.01. The number of ether oxygens (including phenoxy) is 1. The van der Waals surface area contributed by atoms with E-state index in [2.05, 4.69) is 51.9 Å². The van der Waals surface area contributed by atoms with Gasteiger partial charge in [0, 0.05) is 45.9 Å². The van der Waals surface area contributed by atoms with Crippen LogP contribution in [-0.2, 0) is 12.0 Å². The van der Waals surface area contributed by atoms with Crippen molar-refractivity contribution in [1.82, 2.24) is 19.7 Å². The van der Waals surface area contributed by atoms with Gasteiger partial charge >= 0.3 is 0 Å². The third-order valence-electron chi connectivity index (χ3n) is 9.03. The number of fused-ring (bicyclic) bond motifs is 3. The average Bonchev–Trinajstić information content (AvgIpc) is 3.60. The predicted octanol–water partition coefficient (Wildman–Crippen LogP) is 4.93. The molecule has 194 valence electrons. The maximum atomic E-state index is 12.0. The molecule has 4 heterocycles. The summed E-state index contributed by atoms with van der Waals surface area (Å²) in [7, 11) is 2.25. The molecule has 4 aromatic rings. The van der Waals surface area contributed by atoms with Gasteiger partial charge in [0.2, 0.25) is 5.91 Å². The van der Waals surface area contributed by atoms with E-state index >= 15 is 0 Å². The highest BCUT2D eigenvalue weighted by atomic mass is 16.5. The van der Waals surface area contributed by atoms with Gasteiger partial charge in [0.25, 0.3) is 0 Å². The van der Waals surface area contributed by atoms with Crippen molar-refractivity contribution in [3.8, 4) is 17.0 Å². The Balaban J connectivity index is 1.19. The molecule has 2 aromatic heterocycles. The van der Waals surface area contributed by atoms with Crippen LogP contribution in [-0.4, -0.2) is 50.8 Å². The smallest absolute Gasteiger partial charge is 0.248 e. The van der Waals surface area contributed by atoms with Crippen molar-refractivity contribution in [3.63, 3.8) is 0 Å². The van der Waals surface area contributed by atoms with E-state index in [0.29, 0.717) is 17.6 Å². The van der Waals surface area contributed by atoms with E-state index in [1.165, 1.54) is 12.8 Å². The zero-order chi connectivity index (χ0) is 25.9. The van der Waals surface area contributed by atoms with E-state index in [1.807, 2.05) is 30.5 Å². The topological polar surface area (TPSA) is 86.3 Å². The number of nitrogens with two attached hydrogens (primary N) is 1. The van der Waals surface area contributed by atoms with Crippen LogP contribution >= 0.6 is 0 Å². The Kier molecular flexibility index (Phi) is 5.51. The number of aromatic nitrogens is 3. The number of benzene rings is 2. The lowest BCUT2D eigenvalue weighted by Gasteiger charge is -2.36. The van der Waals surface area contributed by atoms with Crippen LogP contribution in [0, 0.1) is 0 Å². The Morgan fingerprint density at radius 2 is 1.82 bits per heavy atom. The molecule has 2 aliphatic heterocycles. The van der Waals surface area contributed by atoms with Crippen LogP contribution in [0.1, 0.15) is 54.6 Å². The lowest BCUT2D eigenvalue weighted by Crippen LogP contribution is -2.43. The largest absolute Gasteiger partial charge is 0.490 e. The first kappa shape index (κ1) is 23.4. The summed E-state index contributed by atoms with van der Waals surface area (Å²) in [6, 6.07) is 21.3. The van der Waals surface area contributed by atoms with Crippen LogP contribution in [0.5, 0.6) is 5.75 Å². The molecule has 2 unspecified atom stereocenters. The highest BCUT2D eigenvalue weighted by Gasteiger charge is 2.46. The van der Waals surface area contributed by atoms with Crippen molar-refractivity contribution in [2.24, 2.45) is 5.73 Å².